The molecule has 0 saturated carbocycles. The van der Waals surface area contributed by atoms with Crippen LogP contribution in [0.25, 0.3) is 0 Å². The van der Waals surface area contributed by atoms with Gasteiger partial charge in [-0.25, -0.2) is 4.79 Å². The lowest BCUT2D eigenvalue weighted by Crippen LogP contribution is -2.49. The molecule has 5 nitrogen and oxygen atoms in total. The van der Waals surface area contributed by atoms with Crippen LogP contribution in [0.5, 0.6) is 0 Å². The molecule has 1 aromatic carbocycles. The largest absolute Gasteiger partial charge is 0.444 e. The highest BCUT2D eigenvalue weighted by atomic mass is 16.6. The Balaban J connectivity index is 2.59. The van der Waals surface area contributed by atoms with E-state index in [1.807, 2.05) is 44.2 Å². The van der Waals surface area contributed by atoms with Crippen molar-refractivity contribution in [2.24, 2.45) is 5.92 Å². The van der Waals surface area contributed by atoms with E-state index >= 15 is 0 Å². The van der Waals surface area contributed by atoms with Gasteiger partial charge in [0.25, 0.3) is 0 Å². The summed E-state index contributed by atoms with van der Waals surface area (Å²) >= 11 is 0. The van der Waals surface area contributed by atoms with Gasteiger partial charge in [-0.2, -0.15) is 0 Å². The molecule has 0 bridgehead atoms. The van der Waals surface area contributed by atoms with E-state index in [-0.39, 0.29) is 11.8 Å². The van der Waals surface area contributed by atoms with Gasteiger partial charge < -0.3 is 10.1 Å². The Labute approximate surface area is 132 Å². The van der Waals surface area contributed by atoms with Crippen LogP contribution in [0.4, 0.5) is 4.79 Å². The number of amides is 2. The van der Waals surface area contributed by atoms with E-state index < -0.39 is 17.7 Å². The van der Waals surface area contributed by atoms with Crippen molar-refractivity contribution < 1.29 is 14.3 Å². The molecule has 0 spiro atoms. The third kappa shape index (κ3) is 6.72. The molecule has 2 amide bonds. The predicted molar refractivity (Wildman–Crippen MR) is 86.3 cm³/mol. The molecule has 1 atom stereocenters. The van der Waals surface area contributed by atoms with Crippen molar-refractivity contribution >= 4 is 12.0 Å². The van der Waals surface area contributed by atoms with Crippen LogP contribution < -0.4 is 10.6 Å². The molecular formula is C17H26N2O3. The van der Waals surface area contributed by atoms with Crippen molar-refractivity contribution in [3.8, 4) is 0 Å². The van der Waals surface area contributed by atoms with Crippen molar-refractivity contribution in [2.75, 3.05) is 0 Å². The number of alkyl carbamates (subject to hydrolysis) is 1. The zero-order chi connectivity index (χ0) is 16.8. The van der Waals surface area contributed by atoms with Crippen molar-refractivity contribution in [3.05, 3.63) is 35.9 Å². The highest BCUT2D eigenvalue weighted by Gasteiger charge is 2.25. The van der Waals surface area contributed by atoms with Crippen LogP contribution in [0.15, 0.2) is 30.3 Å². The van der Waals surface area contributed by atoms with Gasteiger partial charge in [0.05, 0.1) is 6.04 Å². The van der Waals surface area contributed by atoms with Crippen molar-refractivity contribution in [3.63, 3.8) is 0 Å². The van der Waals surface area contributed by atoms with Crippen LogP contribution >= 0.6 is 0 Å². The van der Waals surface area contributed by atoms with E-state index in [1.54, 1.807) is 20.8 Å². The molecule has 0 aliphatic carbocycles. The maximum absolute atomic E-state index is 12.2. The molecule has 2 N–H and O–H groups in total. The number of ether oxygens (including phenoxy) is 1. The average Bonchev–Trinajstić information content (AvgIpc) is 2.37. The molecule has 0 heterocycles. The number of rotatable bonds is 5. The lowest BCUT2D eigenvalue weighted by Gasteiger charge is -2.23. The van der Waals surface area contributed by atoms with Gasteiger partial charge in [0.1, 0.15) is 5.60 Å². The first-order valence-corrected chi connectivity index (χ1v) is 7.50. The number of carbonyl (C=O) groups excluding carboxylic acids is 2. The molecule has 0 aliphatic heterocycles. The van der Waals surface area contributed by atoms with Crippen molar-refractivity contribution in [2.45, 2.75) is 52.8 Å². The van der Waals surface area contributed by atoms with Gasteiger partial charge in [-0.1, -0.05) is 44.2 Å². The summed E-state index contributed by atoms with van der Waals surface area (Å²) in [4.78, 5) is 23.9. The van der Waals surface area contributed by atoms with Gasteiger partial charge in [-0.3, -0.25) is 10.1 Å². The van der Waals surface area contributed by atoms with E-state index in [0.717, 1.165) is 5.56 Å². The second kappa shape index (κ2) is 7.94. The maximum Gasteiger partial charge on any atom is 0.414 e. The molecule has 5 heteroatoms. The predicted octanol–water partition coefficient (Wildman–Crippen LogP) is 2.85. The van der Waals surface area contributed by atoms with Crippen LogP contribution in [-0.2, 0) is 16.1 Å². The first-order valence-electron chi connectivity index (χ1n) is 7.50. The highest BCUT2D eigenvalue weighted by Crippen LogP contribution is 2.08. The van der Waals surface area contributed by atoms with Crippen molar-refractivity contribution in [1.82, 2.24) is 10.6 Å². The summed E-state index contributed by atoms with van der Waals surface area (Å²) in [6.45, 7) is 9.68. The van der Waals surface area contributed by atoms with Gasteiger partial charge in [-0.05, 0) is 32.3 Å². The van der Waals surface area contributed by atoms with Crippen LogP contribution in [0.3, 0.4) is 0 Å². The quantitative estimate of drug-likeness (QED) is 0.878. The highest BCUT2D eigenvalue weighted by molar-refractivity contribution is 5.95. The second-order valence-electron chi connectivity index (χ2n) is 6.58. The fourth-order valence-corrected chi connectivity index (χ4v) is 1.94. The molecule has 122 valence electrons. The van der Waals surface area contributed by atoms with Crippen LogP contribution in [-0.4, -0.2) is 23.6 Å². The minimum Gasteiger partial charge on any atom is -0.444 e. The summed E-state index contributed by atoms with van der Waals surface area (Å²) in [5.41, 5.74) is 0.452. The number of nitrogens with one attached hydrogen (secondary N) is 2. The average molecular weight is 306 g/mol. The summed E-state index contributed by atoms with van der Waals surface area (Å²) < 4.78 is 5.10. The molecule has 0 unspecified atom stereocenters. The summed E-state index contributed by atoms with van der Waals surface area (Å²) in [6.07, 6.45) is -0.718. The summed E-state index contributed by atoms with van der Waals surface area (Å²) in [7, 11) is 0. The van der Waals surface area contributed by atoms with Crippen LogP contribution in [0, 0.1) is 5.92 Å². The normalized spacial score (nSPS) is 12.8. The summed E-state index contributed by atoms with van der Waals surface area (Å²) in [5, 5.41) is 5.48. The Bertz CT molecular complexity index is 492. The number of hydrogen-bond acceptors (Lipinski definition) is 4. The number of imide groups is 1. The number of hydrogen-bond donors (Lipinski definition) is 2. The molecule has 0 aliphatic rings. The molecule has 0 fully saturated rings. The first-order chi connectivity index (χ1) is 10.2. The Morgan fingerprint density at radius 2 is 1.73 bits per heavy atom. The fraction of sp³-hybridized carbons (Fsp3) is 0.529. The molecule has 22 heavy (non-hydrogen) atoms. The molecule has 0 radical (unpaired) electrons. The smallest absolute Gasteiger partial charge is 0.414 e. The summed E-state index contributed by atoms with van der Waals surface area (Å²) in [5.74, 6) is -0.327. The molecule has 0 aromatic heterocycles. The van der Waals surface area contributed by atoms with Gasteiger partial charge in [0.2, 0.25) is 5.91 Å². The lowest BCUT2D eigenvalue weighted by atomic mass is 10.0. The minimum absolute atomic E-state index is 0.0474. The monoisotopic (exact) mass is 306 g/mol. The maximum atomic E-state index is 12.2. The van der Waals surface area contributed by atoms with E-state index in [1.165, 1.54) is 0 Å². The van der Waals surface area contributed by atoms with Crippen LogP contribution in [0.2, 0.25) is 0 Å². The fourth-order valence-electron chi connectivity index (χ4n) is 1.94. The molecule has 0 saturated heterocycles. The summed E-state index contributed by atoms with van der Waals surface area (Å²) in [6, 6.07) is 9.34. The molecular weight excluding hydrogens is 280 g/mol. The Morgan fingerprint density at radius 1 is 1.14 bits per heavy atom. The molecule has 1 aromatic rings. The topological polar surface area (TPSA) is 67.4 Å². The first kappa shape index (κ1) is 18.2. The SMILES string of the molecule is CC(C)[C@H](NCc1ccccc1)C(=O)NC(=O)OC(C)(C)C. The number of carbonyl (C=O) groups is 2. The van der Waals surface area contributed by atoms with Crippen molar-refractivity contribution in [1.29, 1.82) is 0 Å². The van der Waals surface area contributed by atoms with E-state index in [2.05, 4.69) is 10.6 Å². The number of benzene rings is 1. The van der Waals surface area contributed by atoms with Gasteiger partial charge in [-0.15, -0.1) is 0 Å². The van der Waals surface area contributed by atoms with E-state index in [9.17, 15) is 9.59 Å². The Hall–Kier alpha value is -1.88. The van der Waals surface area contributed by atoms with Gasteiger partial charge in [0.15, 0.2) is 0 Å². The third-order valence-electron chi connectivity index (χ3n) is 2.94. The Kier molecular flexibility index (Phi) is 6.56. The van der Waals surface area contributed by atoms with Gasteiger partial charge in [0, 0.05) is 6.54 Å². The zero-order valence-electron chi connectivity index (χ0n) is 14.0. The third-order valence-corrected chi connectivity index (χ3v) is 2.94. The standard InChI is InChI=1S/C17H26N2O3/c1-12(2)14(18-11-13-9-7-6-8-10-13)15(20)19-16(21)22-17(3,4)5/h6-10,12,14,18H,11H2,1-5H3,(H,19,20,21)/t14-/m0/s1. The van der Waals surface area contributed by atoms with E-state index in [0.29, 0.717) is 6.54 Å². The zero-order valence-corrected chi connectivity index (χ0v) is 14.0. The van der Waals surface area contributed by atoms with Crippen LogP contribution in [0.1, 0.15) is 40.2 Å². The second-order valence-corrected chi connectivity index (χ2v) is 6.58. The van der Waals surface area contributed by atoms with Gasteiger partial charge >= 0.3 is 6.09 Å². The minimum atomic E-state index is -0.718. The molecule has 1 rings (SSSR count). The van der Waals surface area contributed by atoms with E-state index in [4.69, 9.17) is 4.74 Å². The lowest BCUT2D eigenvalue weighted by molar-refractivity contribution is -0.123. The Morgan fingerprint density at radius 3 is 2.23 bits per heavy atom.